The van der Waals surface area contributed by atoms with E-state index in [9.17, 15) is 0 Å². The van der Waals surface area contributed by atoms with Crippen LogP contribution in [-0.4, -0.2) is 29.5 Å². The van der Waals surface area contributed by atoms with Crippen molar-refractivity contribution in [2.24, 2.45) is 0 Å². The van der Waals surface area contributed by atoms with E-state index in [2.05, 4.69) is 26.2 Å². The maximum atomic E-state index is 9.00. The average Bonchev–Trinajstić information content (AvgIpc) is 3.21. The van der Waals surface area contributed by atoms with Gasteiger partial charge < -0.3 is 10.7 Å². The molecule has 0 amide bonds. The monoisotopic (exact) mass is 384 g/mol. The van der Waals surface area contributed by atoms with Crippen molar-refractivity contribution < 1.29 is 0 Å². The maximum absolute atomic E-state index is 9.00. The molecule has 0 aliphatic carbocycles. The second-order valence-electron chi connectivity index (χ2n) is 6.78. The zero-order valence-electron chi connectivity index (χ0n) is 16.4. The molecule has 3 N–H and O–H groups in total. The number of nitrogens with two attached hydrogens (primary N) is 1. The highest BCUT2D eigenvalue weighted by Crippen LogP contribution is 2.20. The van der Waals surface area contributed by atoms with Gasteiger partial charge >= 0.3 is 0 Å². The van der Waals surface area contributed by atoms with Crippen molar-refractivity contribution in [2.45, 2.75) is 20.8 Å². The number of hydrogen-bond acceptors (Lipinski definition) is 5. The summed E-state index contributed by atoms with van der Waals surface area (Å²) in [6.45, 7) is 5.86. The minimum Gasteiger partial charge on any atom is -0.385 e. The van der Waals surface area contributed by atoms with Crippen LogP contribution in [0.5, 0.6) is 0 Å². The van der Waals surface area contributed by atoms with Gasteiger partial charge in [-0.05, 0) is 57.2 Å². The number of aryl methyl sites for hydroxylation is 3. The summed E-state index contributed by atoms with van der Waals surface area (Å²) < 4.78 is 3.56. The number of nitrogens with zero attached hydrogens (tertiary/aromatic N) is 6. The number of aromatic nitrogens is 6. The second kappa shape index (κ2) is 7.13. The van der Waals surface area contributed by atoms with Crippen LogP contribution in [0.15, 0.2) is 48.7 Å². The lowest BCUT2D eigenvalue weighted by Crippen LogP contribution is -2.01. The van der Waals surface area contributed by atoms with E-state index in [1.807, 2.05) is 49.7 Å². The zero-order chi connectivity index (χ0) is 20.5. The van der Waals surface area contributed by atoms with Crippen molar-refractivity contribution in [3.05, 3.63) is 71.3 Å². The normalized spacial score (nSPS) is 10.7. The van der Waals surface area contributed by atoms with Gasteiger partial charge in [-0.15, -0.1) is 0 Å². The molecule has 144 valence electrons. The molecule has 29 heavy (non-hydrogen) atoms. The largest absolute Gasteiger partial charge is 0.385 e. The third-order valence-electron chi connectivity index (χ3n) is 4.60. The fraction of sp³-hybridized carbons (Fsp3) is 0.143. The predicted molar refractivity (Wildman–Crippen MR) is 111 cm³/mol. The fourth-order valence-electron chi connectivity index (χ4n) is 3.24. The van der Waals surface area contributed by atoms with E-state index in [0.717, 1.165) is 28.3 Å². The number of anilines is 1. The molecular formula is C21H20N8. The Hall–Kier alpha value is -4.12. The number of rotatable bonds is 2. The summed E-state index contributed by atoms with van der Waals surface area (Å²) in [7, 11) is 0. The van der Waals surface area contributed by atoms with E-state index in [-0.39, 0.29) is 0 Å². The molecule has 3 aromatic heterocycles. The van der Waals surface area contributed by atoms with E-state index in [1.54, 1.807) is 29.1 Å². The van der Waals surface area contributed by atoms with Crippen LogP contribution in [0.25, 0.3) is 22.5 Å². The number of nitriles is 1. The average molecular weight is 384 g/mol. The molecule has 0 atom stereocenters. The van der Waals surface area contributed by atoms with Gasteiger partial charge in [-0.3, -0.25) is 0 Å². The van der Waals surface area contributed by atoms with E-state index in [0.29, 0.717) is 22.7 Å². The van der Waals surface area contributed by atoms with E-state index >= 15 is 0 Å². The SMILES string of the molecule is Cc1cc(C)n(-c2cc(N)[nH]c3c(C)n(-c4ccc(C#N)cc4)nc3ccn2)n1. The first-order valence-corrected chi connectivity index (χ1v) is 9.08. The van der Waals surface area contributed by atoms with Gasteiger partial charge in [0.25, 0.3) is 0 Å². The van der Waals surface area contributed by atoms with Crippen molar-refractivity contribution >= 4 is 16.9 Å². The number of H-pyrrole nitrogens is 1. The summed E-state index contributed by atoms with van der Waals surface area (Å²) in [6.07, 6.45) is 1.69. The highest BCUT2D eigenvalue weighted by atomic mass is 15.3. The maximum Gasteiger partial charge on any atom is 0.157 e. The summed E-state index contributed by atoms with van der Waals surface area (Å²) in [6, 6.07) is 14.9. The highest BCUT2D eigenvalue weighted by molar-refractivity contribution is 5.77. The zero-order valence-corrected chi connectivity index (χ0v) is 16.4. The predicted octanol–water partition coefficient (Wildman–Crippen LogP) is 3.44. The van der Waals surface area contributed by atoms with Crippen molar-refractivity contribution in [3.8, 4) is 17.6 Å². The summed E-state index contributed by atoms with van der Waals surface area (Å²) in [4.78, 5) is 7.77. The Balaban J connectivity index is 1.89. The highest BCUT2D eigenvalue weighted by Gasteiger charge is 2.10. The third-order valence-corrected chi connectivity index (χ3v) is 4.60. The molecule has 0 saturated heterocycles. The molecule has 8 heteroatoms. The summed E-state index contributed by atoms with van der Waals surface area (Å²) >= 11 is 0. The first kappa shape index (κ1) is 18.3. The Morgan fingerprint density at radius 2 is 1.76 bits per heavy atom. The second-order valence-corrected chi connectivity index (χ2v) is 6.78. The molecule has 0 aliphatic rings. The number of aromatic amines is 1. The lowest BCUT2D eigenvalue weighted by Gasteiger charge is -2.04. The van der Waals surface area contributed by atoms with Crippen LogP contribution in [0.4, 0.5) is 5.82 Å². The van der Waals surface area contributed by atoms with Crippen LogP contribution < -0.4 is 5.73 Å². The molecule has 0 radical (unpaired) electrons. The first-order chi connectivity index (χ1) is 14.0. The fourth-order valence-corrected chi connectivity index (χ4v) is 3.24. The van der Waals surface area contributed by atoms with Crippen molar-refractivity contribution in [3.63, 3.8) is 0 Å². The molecule has 3 heterocycles. The minimum absolute atomic E-state index is 0.434. The first-order valence-electron chi connectivity index (χ1n) is 9.08. The van der Waals surface area contributed by atoms with Crippen LogP contribution in [-0.2, 0) is 0 Å². The number of nitrogens with one attached hydrogen (secondary N) is 1. The van der Waals surface area contributed by atoms with Gasteiger partial charge in [0.05, 0.1) is 34.2 Å². The van der Waals surface area contributed by atoms with Crippen molar-refractivity contribution in [1.82, 2.24) is 29.5 Å². The molecule has 8 nitrogen and oxygen atoms in total. The molecule has 4 rings (SSSR count). The molecule has 0 bridgehead atoms. The Labute approximate surface area is 167 Å². The number of fused-ring (bicyclic) bond motifs is 1. The minimum atomic E-state index is 0.434. The molecule has 0 aliphatic heterocycles. The van der Waals surface area contributed by atoms with E-state index in [4.69, 9.17) is 11.0 Å². The van der Waals surface area contributed by atoms with Crippen LogP contribution in [0, 0.1) is 32.1 Å². The van der Waals surface area contributed by atoms with Gasteiger partial charge in [-0.25, -0.2) is 14.3 Å². The van der Waals surface area contributed by atoms with Gasteiger partial charge in [0.2, 0.25) is 0 Å². The van der Waals surface area contributed by atoms with Gasteiger partial charge in [0.15, 0.2) is 5.82 Å². The standard InChI is InChI=1S/C21H20N8/c1-13-10-14(2)28(26-13)20-11-19(23)25-21-15(3)29(27-18(21)8-9-24-20)17-6-4-16(12-22)5-7-17/h4-11,25H,23H2,1-3H3. The smallest absolute Gasteiger partial charge is 0.157 e. The number of benzene rings is 1. The molecule has 0 saturated carbocycles. The van der Waals surface area contributed by atoms with Crippen molar-refractivity contribution in [1.29, 1.82) is 5.26 Å². The molecule has 0 fully saturated rings. The van der Waals surface area contributed by atoms with Crippen molar-refractivity contribution in [2.75, 3.05) is 5.73 Å². The third kappa shape index (κ3) is 3.41. The molecule has 0 spiro atoms. The van der Waals surface area contributed by atoms with E-state index < -0.39 is 0 Å². The van der Waals surface area contributed by atoms with Gasteiger partial charge in [-0.1, -0.05) is 0 Å². The Bertz CT molecular complexity index is 1300. The molecule has 0 unspecified atom stereocenters. The van der Waals surface area contributed by atoms with Crippen LogP contribution >= 0.6 is 0 Å². The molecule has 1 aromatic carbocycles. The lowest BCUT2D eigenvalue weighted by atomic mass is 10.2. The van der Waals surface area contributed by atoms with Gasteiger partial charge in [0, 0.05) is 18.0 Å². The van der Waals surface area contributed by atoms with Gasteiger partial charge in [0.1, 0.15) is 11.3 Å². The topological polar surface area (TPSA) is 114 Å². The Morgan fingerprint density at radius 1 is 1.00 bits per heavy atom. The van der Waals surface area contributed by atoms with Gasteiger partial charge in [-0.2, -0.15) is 15.5 Å². The van der Waals surface area contributed by atoms with Crippen LogP contribution in [0.3, 0.4) is 0 Å². The Kier molecular flexibility index (Phi) is 4.49. The summed E-state index contributed by atoms with van der Waals surface area (Å²) in [5.41, 5.74) is 12.0. The quantitative estimate of drug-likeness (QED) is 0.549. The summed E-state index contributed by atoms with van der Waals surface area (Å²) in [5, 5.41) is 18.2. The number of hydrogen-bond donors (Lipinski definition) is 2. The molecule has 4 aromatic rings. The summed E-state index contributed by atoms with van der Waals surface area (Å²) in [5.74, 6) is 1.04. The molecular weight excluding hydrogens is 364 g/mol. The Morgan fingerprint density at radius 3 is 2.41 bits per heavy atom. The number of nitrogen functional groups attached to an aromatic ring is 1. The lowest BCUT2D eigenvalue weighted by molar-refractivity contribution is 0.808. The van der Waals surface area contributed by atoms with Crippen LogP contribution in [0.1, 0.15) is 22.6 Å². The van der Waals surface area contributed by atoms with Crippen LogP contribution in [0.2, 0.25) is 0 Å². The van der Waals surface area contributed by atoms with E-state index in [1.165, 1.54) is 0 Å².